The number of aromatic nitrogens is 2. The van der Waals surface area contributed by atoms with Gasteiger partial charge in [0.1, 0.15) is 5.82 Å². The van der Waals surface area contributed by atoms with Crippen LogP contribution in [0.4, 0.5) is 11.5 Å². The first-order chi connectivity index (χ1) is 15.0. The number of rotatable bonds is 4. The van der Waals surface area contributed by atoms with E-state index >= 15 is 0 Å². The molecule has 2 aliphatic rings. The van der Waals surface area contributed by atoms with Gasteiger partial charge in [-0.3, -0.25) is 9.59 Å². The molecule has 1 aromatic heterocycles. The summed E-state index contributed by atoms with van der Waals surface area (Å²) >= 11 is 1.80. The zero-order chi connectivity index (χ0) is 21.5. The molecule has 2 amide bonds. The molecule has 31 heavy (non-hydrogen) atoms. The summed E-state index contributed by atoms with van der Waals surface area (Å²) in [6.07, 6.45) is 0.218. The highest BCUT2D eigenvalue weighted by Gasteiger charge is 2.36. The van der Waals surface area contributed by atoms with Crippen molar-refractivity contribution < 1.29 is 9.59 Å². The Morgan fingerprint density at radius 3 is 2.65 bits per heavy atom. The van der Waals surface area contributed by atoms with Crippen molar-refractivity contribution in [1.82, 2.24) is 9.78 Å². The second kappa shape index (κ2) is 7.89. The molecule has 7 heteroatoms. The number of amides is 2. The van der Waals surface area contributed by atoms with Gasteiger partial charge in [-0.2, -0.15) is 16.9 Å². The summed E-state index contributed by atoms with van der Waals surface area (Å²) in [6, 6.07) is 15.9. The standard InChI is InChI=1S/C24H24N4O2S/c1-15-7-9-18(10-8-15)28-23(19-13-31-14-20(19)26-28)25-24(30)17-11-22(29)27(12-17)21-6-4-3-5-16(21)2/h3-10,17H,11-14H2,1-2H3,(H,25,30). The maximum Gasteiger partial charge on any atom is 0.230 e. The summed E-state index contributed by atoms with van der Waals surface area (Å²) in [4.78, 5) is 27.6. The van der Waals surface area contributed by atoms with E-state index in [-0.39, 0.29) is 18.2 Å². The first-order valence-electron chi connectivity index (χ1n) is 10.4. The molecule has 0 saturated carbocycles. The molecule has 0 bridgehead atoms. The lowest BCUT2D eigenvalue weighted by Gasteiger charge is -2.19. The summed E-state index contributed by atoms with van der Waals surface area (Å²) in [6.45, 7) is 4.42. The number of thioether (sulfide) groups is 1. The molecular formula is C24H24N4O2S. The minimum absolute atomic E-state index is 0.0118. The van der Waals surface area contributed by atoms with Gasteiger partial charge in [-0.15, -0.1) is 0 Å². The maximum absolute atomic E-state index is 13.2. The summed E-state index contributed by atoms with van der Waals surface area (Å²) in [7, 11) is 0. The second-order valence-corrected chi connectivity index (χ2v) is 9.18. The molecule has 1 fully saturated rings. The molecular weight excluding hydrogens is 408 g/mol. The average molecular weight is 433 g/mol. The molecule has 3 heterocycles. The molecule has 1 unspecified atom stereocenters. The lowest BCUT2D eigenvalue weighted by atomic mass is 10.1. The van der Waals surface area contributed by atoms with Crippen molar-refractivity contribution in [3.8, 4) is 5.69 Å². The van der Waals surface area contributed by atoms with Gasteiger partial charge in [0.25, 0.3) is 0 Å². The quantitative estimate of drug-likeness (QED) is 0.670. The number of carbonyl (C=O) groups excluding carboxylic acids is 2. The van der Waals surface area contributed by atoms with Crippen molar-refractivity contribution in [3.63, 3.8) is 0 Å². The zero-order valence-electron chi connectivity index (χ0n) is 17.6. The van der Waals surface area contributed by atoms with Crippen LogP contribution in [0.3, 0.4) is 0 Å². The van der Waals surface area contributed by atoms with Crippen LogP contribution in [0.15, 0.2) is 48.5 Å². The number of para-hydroxylation sites is 1. The number of fused-ring (bicyclic) bond motifs is 1. The molecule has 0 spiro atoms. The number of anilines is 2. The lowest BCUT2D eigenvalue weighted by molar-refractivity contribution is -0.122. The maximum atomic E-state index is 13.2. The molecule has 158 valence electrons. The minimum atomic E-state index is -0.391. The number of nitrogens with one attached hydrogen (secondary N) is 1. The number of hydrogen-bond acceptors (Lipinski definition) is 4. The highest BCUT2D eigenvalue weighted by atomic mass is 32.2. The highest BCUT2D eigenvalue weighted by molar-refractivity contribution is 7.98. The molecule has 1 atom stereocenters. The largest absolute Gasteiger partial charge is 0.311 e. The van der Waals surface area contributed by atoms with Crippen LogP contribution in [-0.4, -0.2) is 28.1 Å². The number of aryl methyl sites for hydroxylation is 2. The van der Waals surface area contributed by atoms with E-state index in [1.54, 1.807) is 16.7 Å². The summed E-state index contributed by atoms with van der Waals surface area (Å²) in [5.74, 6) is 1.88. The summed E-state index contributed by atoms with van der Waals surface area (Å²) < 4.78 is 1.83. The highest BCUT2D eigenvalue weighted by Crippen LogP contribution is 2.37. The van der Waals surface area contributed by atoms with Crippen LogP contribution in [0.2, 0.25) is 0 Å². The fourth-order valence-corrected chi connectivity index (χ4v) is 5.25. The van der Waals surface area contributed by atoms with Crippen LogP contribution in [0, 0.1) is 19.8 Å². The topological polar surface area (TPSA) is 67.2 Å². The van der Waals surface area contributed by atoms with Crippen molar-refractivity contribution in [3.05, 3.63) is 70.9 Å². The number of hydrogen-bond donors (Lipinski definition) is 1. The summed E-state index contributed by atoms with van der Waals surface area (Å²) in [5.41, 5.74) is 6.10. The Morgan fingerprint density at radius 1 is 1.10 bits per heavy atom. The van der Waals surface area contributed by atoms with Crippen LogP contribution >= 0.6 is 11.8 Å². The van der Waals surface area contributed by atoms with Crippen LogP contribution in [0.25, 0.3) is 5.69 Å². The third kappa shape index (κ3) is 3.63. The first kappa shape index (κ1) is 19.9. The molecule has 2 aliphatic heterocycles. The van der Waals surface area contributed by atoms with E-state index < -0.39 is 5.92 Å². The van der Waals surface area contributed by atoms with Crippen molar-refractivity contribution in [1.29, 1.82) is 0 Å². The molecule has 6 nitrogen and oxygen atoms in total. The fourth-order valence-electron chi connectivity index (χ4n) is 4.22. The molecule has 2 aromatic carbocycles. The van der Waals surface area contributed by atoms with E-state index in [1.165, 1.54) is 5.56 Å². The van der Waals surface area contributed by atoms with Gasteiger partial charge < -0.3 is 10.2 Å². The van der Waals surface area contributed by atoms with Gasteiger partial charge in [-0.05, 0) is 37.6 Å². The Kier molecular flexibility index (Phi) is 5.06. The SMILES string of the molecule is Cc1ccc(-n2nc3c(c2NC(=O)C2CC(=O)N(c4ccccc4C)C2)CSC3)cc1. The van der Waals surface area contributed by atoms with Crippen LogP contribution < -0.4 is 10.2 Å². The third-order valence-corrected chi connectivity index (χ3v) is 6.94. The monoisotopic (exact) mass is 432 g/mol. The number of benzene rings is 2. The van der Waals surface area contributed by atoms with Crippen molar-refractivity contribution >= 4 is 35.1 Å². The lowest BCUT2D eigenvalue weighted by Crippen LogP contribution is -2.29. The van der Waals surface area contributed by atoms with Gasteiger partial charge in [0.15, 0.2) is 0 Å². The van der Waals surface area contributed by atoms with E-state index in [0.717, 1.165) is 45.5 Å². The predicted molar refractivity (Wildman–Crippen MR) is 124 cm³/mol. The van der Waals surface area contributed by atoms with Gasteiger partial charge in [0, 0.05) is 35.7 Å². The predicted octanol–water partition coefficient (Wildman–Crippen LogP) is 4.23. The van der Waals surface area contributed by atoms with Crippen LogP contribution in [0.1, 0.15) is 28.8 Å². The van der Waals surface area contributed by atoms with Gasteiger partial charge in [-0.25, -0.2) is 4.68 Å². The molecule has 5 rings (SSSR count). The molecule has 0 radical (unpaired) electrons. The van der Waals surface area contributed by atoms with Crippen molar-refractivity contribution in [2.24, 2.45) is 5.92 Å². The molecule has 0 aliphatic carbocycles. The number of carbonyl (C=O) groups is 2. The zero-order valence-corrected chi connectivity index (χ0v) is 18.4. The van der Waals surface area contributed by atoms with E-state index in [9.17, 15) is 9.59 Å². The smallest absolute Gasteiger partial charge is 0.230 e. The Labute approximate surface area is 185 Å². The Hall–Kier alpha value is -3.06. The van der Waals surface area contributed by atoms with Gasteiger partial charge in [0.2, 0.25) is 11.8 Å². The van der Waals surface area contributed by atoms with E-state index in [0.29, 0.717) is 6.54 Å². The normalized spacial score (nSPS) is 17.8. The van der Waals surface area contributed by atoms with Gasteiger partial charge >= 0.3 is 0 Å². The van der Waals surface area contributed by atoms with Gasteiger partial charge in [0.05, 0.1) is 17.3 Å². The number of nitrogens with zero attached hydrogens (tertiary/aromatic N) is 3. The average Bonchev–Trinajstić information content (AvgIpc) is 3.45. The van der Waals surface area contributed by atoms with E-state index in [2.05, 4.69) is 5.32 Å². The summed E-state index contributed by atoms with van der Waals surface area (Å²) in [5, 5.41) is 7.89. The van der Waals surface area contributed by atoms with Crippen molar-refractivity contribution in [2.75, 3.05) is 16.8 Å². The van der Waals surface area contributed by atoms with Crippen LogP contribution in [0.5, 0.6) is 0 Å². The fraction of sp³-hybridized carbons (Fsp3) is 0.292. The Morgan fingerprint density at radius 2 is 1.87 bits per heavy atom. The Balaban J connectivity index is 1.40. The van der Waals surface area contributed by atoms with Crippen molar-refractivity contribution in [2.45, 2.75) is 31.8 Å². The third-order valence-electron chi connectivity index (χ3n) is 5.97. The van der Waals surface area contributed by atoms with Gasteiger partial charge in [-0.1, -0.05) is 35.9 Å². The minimum Gasteiger partial charge on any atom is -0.311 e. The first-order valence-corrected chi connectivity index (χ1v) is 11.6. The second-order valence-electron chi connectivity index (χ2n) is 8.20. The molecule has 1 saturated heterocycles. The van der Waals surface area contributed by atoms with Crippen LogP contribution in [-0.2, 0) is 21.1 Å². The molecule has 3 aromatic rings. The Bertz CT molecular complexity index is 1170. The van der Waals surface area contributed by atoms with E-state index in [1.807, 2.05) is 67.1 Å². The molecule has 1 N–H and O–H groups in total. The van der Waals surface area contributed by atoms with E-state index in [4.69, 9.17) is 5.10 Å².